The van der Waals surface area contributed by atoms with Gasteiger partial charge in [0.05, 0.1) is 0 Å². The highest BCUT2D eigenvalue weighted by Gasteiger charge is 2.15. The summed E-state index contributed by atoms with van der Waals surface area (Å²) in [6.07, 6.45) is 0.988. The smallest absolute Gasteiger partial charge is 0.387 e. The van der Waals surface area contributed by atoms with Crippen molar-refractivity contribution in [2.75, 3.05) is 0 Å². The van der Waals surface area contributed by atoms with Crippen LogP contribution in [0.4, 0.5) is 8.78 Å². The molecule has 0 aliphatic carbocycles. The van der Waals surface area contributed by atoms with Crippen molar-refractivity contribution in [3.8, 4) is 5.75 Å². The molecule has 2 nitrogen and oxygen atoms in total. The minimum atomic E-state index is -2.79. The topological polar surface area (TPSA) is 21.3 Å². The summed E-state index contributed by atoms with van der Waals surface area (Å²) >= 11 is 0. The first-order valence-electron chi connectivity index (χ1n) is 5.84. The fraction of sp³-hybridized carbons (Fsp3) is 0.538. The third kappa shape index (κ3) is 4.30. The van der Waals surface area contributed by atoms with E-state index >= 15 is 0 Å². The number of nitrogens with one attached hydrogen (secondary N) is 1. The minimum absolute atomic E-state index is 0.0140. The molecule has 0 fully saturated rings. The monoisotopic (exact) mass is 243 g/mol. The molecule has 2 unspecified atom stereocenters. The summed E-state index contributed by atoms with van der Waals surface area (Å²) in [6, 6.07) is 7.21. The van der Waals surface area contributed by atoms with Gasteiger partial charge in [-0.3, -0.25) is 0 Å². The highest BCUT2D eigenvalue weighted by molar-refractivity contribution is 5.35. The maximum absolute atomic E-state index is 12.2. The lowest BCUT2D eigenvalue weighted by atomic mass is 10.1. The molecule has 1 aromatic rings. The van der Waals surface area contributed by atoms with E-state index in [1.54, 1.807) is 18.2 Å². The lowest BCUT2D eigenvalue weighted by Gasteiger charge is -2.21. The van der Waals surface area contributed by atoms with E-state index in [0.717, 1.165) is 12.0 Å². The van der Waals surface area contributed by atoms with Gasteiger partial charge in [-0.1, -0.05) is 25.1 Å². The zero-order valence-corrected chi connectivity index (χ0v) is 10.4. The maximum atomic E-state index is 12.2. The number of halogens is 2. The van der Waals surface area contributed by atoms with Crippen LogP contribution in [-0.2, 0) is 0 Å². The molecule has 1 N–H and O–H groups in total. The van der Waals surface area contributed by atoms with E-state index in [9.17, 15) is 8.78 Å². The Bertz CT molecular complexity index is 344. The number of hydrogen-bond acceptors (Lipinski definition) is 2. The van der Waals surface area contributed by atoms with Gasteiger partial charge in [0.15, 0.2) is 0 Å². The van der Waals surface area contributed by atoms with Crippen molar-refractivity contribution in [2.24, 2.45) is 0 Å². The fourth-order valence-electron chi connectivity index (χ4n) is 1.68. The second-order valence-corrected chi connectivity index (χ2v) is 4.11. The first-order chi connectivity index (χ1) is 8.04. The van der Waals surface area contributed by atoms with E-state index in [-0.39, 0.29) is 11.8 Å². The molecule has 0 spiro atoms. The summed E-state index contributed by atoms with van der Waals surface area (Å²) in [6.45, 7) is 3.30. The van der Waals surface area contributed by atoms with Gasteiger partial charge in [-0.2, -0.15) is 8.78 Å². The maximum Gasteiger partial charge on any atom is 0.387 e. The van der Waals surface area contributed by atoms with Gasteiger partial charge in [0.1, 0.15) is 5.75 Å². The first kappa shape index (κ1) is 13.9. The zero-order valence-electron chi connectivity index (χ0n) is 10.4. The number of para-hydroxylation sites is 1. The van der Waals surface area contributed by atoms with Crippen molar-refractivity contribution in [1.82, 2.24) is 5.32 Å². The predicted molar refractivity (Wildman–Crippen MR) is 64.4 cm³/mol. The van der Waals surface area contributed by atoms with Crippen LogP contribution >= 0.6 is 0 Å². The van der Waals surface area contributed by atoms with Crippen LogP contribution in [-0.4, -0.2) is 12.7 Å². The number of ether oxygens (including phenoxy) is 1. The normalized spacial score (nSPS) is 14.7. The number of alkyl halides is 2. The SMILES string of the molecule is CCC(C)NC(C)c1ccccc1OC(F)F. The number of rotatable bonds is 6. The van der Waals surface area contributed by atoms with Crippen molar-refractivity contribution in [2.45, 2.75) is 45.9 Å². The highest BCUT2D eigenvalue weighted by atomic mass is 19.3. The van der Waals surface area contributed by atoms with E-state index in [1.807, 2.05) is 13.0 Å². The summed E-state index contributed by atoms with van der Waals surface area (Å²) in [5, 5.41) is 3.33. The summed E-state index contributed by atoms with van der Waals surface area (Å²) in [5.74, 6) is 0.241. The van der Waals surface area contributed by atoms with Crippen LogP contribution in [0.25, 0.3) is 0 Å². The van der Waals surface area contributed by atoms with Crippen LogP contribution in [0, 0.1) is 0 Å². The third-order valence-corrected chi connectivity index (χ3v) is 2.75. The third-order valence-electron chi connectivity index (χ3n) is 2.75. The van der Waals surface area contributed by atoms with E-state index in [2.05, 4.69) is 23.9 Å². The fourth-order valence-corrected chi connectivity index (χ4v) is 1.68. The van der Waals surface area contributed by atoms with Crippen LogP contribution in [0.5, 0.6) is 5.75 Å². The zero-order chi connectivity index (χ0) is 12.8. The molecule has 1 aromatic carbocycles. The second kappa shape index (κ2) is 6.55. The van der Waals surface area contributed by atoms with Gasteiger partial charge in [-0.25, -0.2) is 0 Å². The van der Waals surface area contributed by atoms with Crippen molar-refractivity contribution < 1.29 is 13.5 Å². The Morgan fingerprint density at radius 1 is 1.24 bits per heavy atom. The Labute approximate surface area is 101 Å². The van der Waals surface area contributed by atoms with Gasteiger partial charge in [-0.05, 0) is 26.3 Å². The van der Waals surface area contributed by atoms with Crippen LogP contribution < -0.4 is 10.1 Å². The van der Waals surface area contributed by atoms with Gasteiger partial charge in [0.25, 0.3) is 0 Å². The van der Waals surface area contributed by atoms with Crippen molar-refractivity contribution in [3.63, 3.8) is 0 Å². The Kier molecular flexibility index (Phi) is 5.35. The number of benzene rings is 1. The molecular weight excluding hydrogens is 224 g/mol. The molecule has 96 valence electrons. The van der Waals surface area contributed by atoms with Crippen molar-refractivity contribution in [1.29, 1.82) is 0 Å². The van der Waals surface area contributed by atoms with Crippen molar-refractivity contribution >= 4 is 0 Å². The highest BCUT2D eigenvalue weighted by Crippen LogP contribution is 2.26. The summed E-state index contributed by atoms with van der Waals surface area (Å²) in [5.41, 5.74) is 0.758. The molecule has 0 saturated heterocycles. The first-order valence-corrected chi connectivity index (χ1v) is 5.84. The molecule has 0 bridgehead atoms. The van der Waals surface area contributed by atoms with Crippen molar-refractivity contribution in [3.05, 3.63) is 29.8 Å². The van der Waals surface area contributed by atoms with Gasteiger partial charge >= 0.3 is 6.61 Å². The molecule has 2 atom stereocenters. The Balaban J connectivity index is 2.81. The molecule has 1 rings (SSSR count). The molecule has 0 amide bonds. The Morgan fingerprint density at radius 3 is 2.47 bits per heavy atom. The van der Waals surface area contributed by atoms with Gasteiger partial charge < -0.3 is 10.1 Å². The van der Waals surface area contributed by atoms with E-state index in [1.165, 1.54) is 0 Å². The lowest BCUT2D eigenvalue weighted by molar-refractivity contribution is -0.0506. The molecular formula is C13H19F2NO. The van der Waals surface area contributed by atoms with Gasteiger partial charge in [-0.15, -0.1) is 0 Å². The quantitative estimate of drug-likeness (QED) is 0.821. The summed E-state index contributed by atoms with van der Waals surface area (Å²) < 4.78 is 29.0. The van der Waals surface area contributed by atoms with Crippen LogP contribution in [0.3, 0.4) is 0 Å². The average molecular weight is 243 g/mol. The largest absolute Gasteiger partial charge is 0.434 e. The standard InChI is InChI=1S/C13H19F2NO/c1-4-9(2)16-10(3)11-7-5-6-8-12(11)17-13(14)15/h5-10,13,16H,4H2,1-3H3. The number of hydrogen-bond donors (Lipinski definition) is 1. The molecule has 17 heavy (non-hydrogen) atoms. The second-order valence-electron chi connectivity index (χ2n) is 4.11. The molecule has 4 heteroatoms. The van der Waals surface area contributed by atoms with Crippen LogP contribution in [0.15, 0.2) is 24.3 Å². The lowest BCUT2D eigenvalue weighted by Crippen LogP contribution is -2.28. The Hall–Kier alpha value is -1.16. The molecule has 0 heterocycles. The predicted octanol–water partition coefficient (Wildman–Crippen LogP) is 3.74. The van der Waals surface area contributed by atoms with E-state index < -0.39 is 6.61 Å². The molecule has 0 aromatic heterocycles. The molecule has 0 aliphatic rings. The molecule has 0 aliphatic heterocycles. The minimum Gasteiger partial charge on any atom is -0.434 e. The van der Waals surface area contributed by atoms with Crippen LogP contribution in [0.1, 0.15) is 38.8 Å². The Morgan fingerprint density at radius 2 is 1.88 bits per heavy atom. The van der Waals surface area contributed by atoms with E-state index in [4.69, 9.17) is 0 Å². The molecule has 0 saturated carbocycles. The van der Waals surface area contributed by atoms with Gasteiger partial charge in [0, 0.05) is 17.6 Å². The van der Waals surface area contributed by atoms with Gasteiger partial charge in [0.2, 0.25) is 0 Å². The summed E-state index contributed by atoms with van der Waals surface area (Å²) in [7, 11) is 0. The average Bonchev–Trinajstić information content (AvgIpc) is 2.28. The van der Waals surface area contributed by atoms with E-state index in [0.29, 0.717) is 6.04 Å². The molecule has 0 radical (unpaired) electrons. The summed E-state index contributed by atoms with van der Waals surface area (Å²) in [4.78, 5) is 0. The van der Waals surface area contributed by atoms with Crippen LogP contribution in [0.2, 0.25) is 0 Å².